The van der Waals surface area contributed by atoms with Crippen molar-refractivity contribution in [3.05, 3.63) is 34.9 Å². The first-order valence-electron chi connectivity index (χ1n) is 6.04. The smallest absolute Gasteiger partial charge is 0.323 e. The van der Waals surface area contributed by atoms with E-state index in [1.54, 1.807) is 0 Å². The Hall–Kier alpha value is -1.84. The second-order valence-corrected chi connectivity index (χ2v) is 4.39. The van der Waals surface area contributed by atoms with Crippen LogP contribution in [0.1, 0.15) is 34.8 Å². The summed E-state index contributed by atoms with van der Waals surface area (Å²) in [6, 6.07) is 5.62. The van der Waals surface area contributed by atoms with E-state index in [1.807, 2.05) is 39.0 Å². The molecule has 1 aromatic carbocycles. The molecule has 0 unspecified atom stereocenters. The number of amides is 1. The van der Waals surface area contributed by atoms with Crippen molar-refractivity contribution >= 4 is 11.9 Å². The first-order valence-corrected chi connectivity index (χ1v) is 6.04. The second-order valence-electron chi connectivity index (χ2n) is 4.39. The normalized spacial score (nSPS) is 10.2. The third-order valence-electron chi connectivity index (χ3n) is 2.80. The van der Waals surface area contributed by atoms with Gasteiger partial charge in [-0.05, 0) is 31.4 Å². The monoisotopic (exact) mass is 249 g/mol. The highest BCUT2D eigenvalue weighted by Crippen LogP contribution is 2.16. The largest absolute Gasteiger partial charge is 0.480 e. The lowest BCUT2D eigenvalue weighted by Gasteiger charge is -2.22. The van der Waals surface area contributed by atoms with Crippen LogP contribution in [-0.4, -0.2) is 35.0 Å². The van der Waals surface area contributed by atoms with Gasteiger partial charge in [0.05, 0.1) is 0 Å². The fourth-order valence-electron chi connectivity index (χ4n) is 2.00. The zero-order valence-corrected chi connectivity index (χ0v) is 11.1. The van der Waals surface area contributed by atoms with E-state index in [0.717, 1.165) is 17.5 Å². The van der Waals surface area contributed by atoms with E-state index >= 15 is 0 Å². The lowest BCUT2D eigenvalue weighted by atomic mass is 10.0. The molecule has 1 N–H and O–H groups in total. The highest BCUT2D eigenvalue weighted by Gasteiger charge is 2.20. The molecule has 1 aromatic rings. The predicted octanol–water partition coefficient (Wildman–Crippen LogP) is 2.24. The van der Waals surface area contributed by atoms with Crippen LogP contribution in [0.25, 0.3) is 0 Å². The highest BCUT2D eigenvalue weighted by atomic mass is 16.4. The molecule has 1 rings (SSSR count). The zero-order valence-electron chi connectivity index (χ0n) is 11.1. The first kappa shape index (κ1) is 14.2. The molecule has 0 atom stereocenters. The van der Waals surface area contributed by atoms with E-state index in [4.69, 9.17) is 5.11 Å². The van der Waals surface area contributed by atoms with Gasteiger partial charge in [0.15, 0.2) is 0 Å². The number of carboxylic acid groups (broad SMARTS) is 1. The fourth-order valence-corrected chi connectivity index (χ4v) is 2.00. The van der Waals surface area contributed by atoms with Crippen LogP contribution in [0.15, 0.2) is 18.2 Å². The number of carbonyl (C=O) groups is 2. The van der Waals surface area contributed by atoms with E-state index in [1.165, 1.54) is 4.90 Å². The number of nitrogens with zero attached hydrogens (tertiary/aromatic N) is 1. The van der Waals surface area contributed by atoms with Crippen molar-refractivity contribution in [1.29, 1.82) is 0 Å². The predicted molar refractivity (Wildman–Crippen MR) is 69.7 cm³/mol. The number of hydrogen-bond acceptors (Lipinski definition) is 2. The second kappa shape index (κ2) is 6.19. The molecule has 4 nitrogen and oxygen atoms in total. The van der Waals surface area contributed by atoms with Crippen molar-refractivity contribution in [3.8, 4) is 0 Å². The Morgan fingerprint density at radius 1 is 1.22 bits per heavy atom. The summed E-state index contributed by atoms with van der Waals surface area (Å²) in [5, 5.41) is 8.85. The number of carbonyl (C=O) groups excluding carboxylic acids is 1. The Labute approximate surface area is 107 Å². The van der Waals surface area contributed by atoms with Gasteiger partial charge in [0.2, 0.25) is 0 Å². The Morgan fingerprint density at radius 2 is 1.78 bits per heavy atom. The van der Waals surface area contributed by atoms with Crippen molar-refractivity contribution in [3.63, 3.8) is 0 Å². The molecule has 4 heteroatoms. The Bertz CT molecular complexity index is 434. The molecule has 98 valence electrons. The molecule has 0 aliphatic heterocycles. The minimum absolute atomic E-state index is 0.199. The summed E-state index contributed by atoms with van der Waals surface area (Å²) in [6.45, 7) is 5.86. The molecule has 0 aromatic heterocycles. The molecule has 0 aliphatic carbocycles. The van der Waals surface area contributed by atoms with Crippen molar-refractivity contribution in [2.45, 2.75) is 27.2 Å². The molecule has 18 heavy (non-hydrogen) atoms. The van der Waals surface area contributed by atoms with Gasteiger partial charge < -0.3 is 10.0 Å². The van der Waals surface area contributed by atoms with Gasteiger partial charge in [-0.15, -0.1) is 0 Å². The van der Waals surface area contributed by atoms with Gasteiger partial charge >= 0.3 is 5.97 Å². The summed E-state index contributed by atoms with van der Waals surface area (Å²) >= 11 is 0. The topological polar surface area (TPSA) is 57.6 Å². The van der Waals surface area contributed by atoms with E-state index in [2.05, 4.69) is 0 Å². The van der Waals surface area contributed by atoms with E-state index < -0.39 is 5.97 Å². The van der Waals surface area contributed by atoms with E-state index in [0.29, 0.717) is 12.1 Å². The molecule has 0 saturated heterocycles. The van der Waals surface area contributed by atoms with Crippen LogP contribution in [0.5, 0.6) is 0 Å². The van der Waals surface area contributed by atoms with Crippen molar-refractivity contribution in [2.75, 3.05) is 13.1 Å². The van der Waals surface area contributed by atoms with Crippen LogP contribution in [0.4, 0.5) is 0 Å². The van der Waals surface area contributed by atoms with Crippen molar-refractivity contribution < 1.29 is 14.7 Å². The summed E-state index contributed by atoms with van der Waals surface area (Å²) in [7, 11) is 0. The molecule has 1 amide bonds. The fraction of sp³-hybridized carbons (Fsp3) is 0.429. The van der Waals surface area contributed by atoms with Gasteiger partial charge in [0.25, 0.3) is 5.91 Å². The van der Waals surface area contributed by atoms with Crippen LogP contribution in [0.3, 0.4) is 0 Å². The highest BCUT2D eigenvalue weighted by molar-refractivity contribution is 5.98. The Balaban J connectivity index is 3.05. The summed E-state index contributed by atoms with van der Waals surface area (Å²) < 4.78 is 0. The maximum Gasteiger partial charge on any atom is 0.323 e. The molecular formula is C14H19NO3. The molecule has 0 heterocycles. The lowest BCUT2D eigenvalue weighted by molar-refractivity contribution is -0.137. The summed E-state index contributed by atoms with van der Waals surface area (Å²) in [5.74, 6) is -1.18. The molecule has 0 fully saturated rings. The van der Waals surface area contributed by atoms with Crippen molar-refractivity contribution in [1.82, 2.24) is 4.90 Å². The maximum atomic E-state index is 12.4. The zero-order chi connectivity index (χ0) is 13.7. The number of benzene rings is 1. The van der Waals surface area contributed by atoms with Crippen molar-refractivity contribution in [2.24, 2.45) is 0 Å². The van der Waals surface area contributed by atoms with Gasteiger partial charge in [-0.1, -0.05) is 25.1 Å². The maximum absolute atomic E-state index is 12.4. The first-order chi connectivity index (χ1) is 8.47. The standard InChI is InChI=1S/C14H19NO3/c1-4-8-15(9-12(16)17)14(18)13-10(2)6-5-7-11(13)3/h5-7H,4,8-9H2,1-3H3,(H,16,17). The molecule has 0 saturated carbocycles. The third kappa shape index (κ3) is 3.32. The van der Waals surface area contributed by atoms with Crippen LogP contribution < -0.4 is 0 Å². The van der Waals surface area contributed by atoms with Gasteiger partial charge in [-0.25, -0.2) is 0 Å². The van der Waals surface area contributed by atoms with Crippen LogP contribution >= 0.6 is 0 Å². The third-order valence-corrected chi connectivity index (χ3v) is 2.80. The van der Waals surface area contributed by atoms with Gasteiger partial charge in [-0.2, -0.15) is 0 Å². The number of rotatable bonds is 5. The lowest BCUT2D eigenvalue weighted by Crippen LogP contribution is -2.37. The Morgan fingerprint density at radius 3 is 2.22 bits per heavy atom. The summed E-state index contributed by atoms with van der Waals surface area (Å²) in [6.07, 6.45) is 0.740. The Kier molecular flexibility index (Phi) is 4.89. The summed E-state index contributed by atoms with van der Waals surface area (Å²) in [4.78, 5) is 24.6. The number of aliphatic carboxylic acids is 1. The van der Waals surface area contributed by atoms with Crippen LogP contribution in [-0.2, 0) is 4.79 Å². The van der Waals surface area contributed by atoms with Gasteiger partial charge in [0, 0.05) is 12.1 Å². The van der Waals surface area contributed by atoms with Gasteiger partial charge in [-0.3, -0.25) is 9.59 Å². The van der Waals surface area contributed by atoms with Crippen LogP contribution in [0.2, 0.25) is 0 Å². The van der Waals surface area contributed by atoms with E-state index in [-0.39, 0.29) is 12.5 Å². The van der Waals surface area contributed by atoms with E-state index in [9.17, 15) is 9.59 Å². The average molecular weight is 249 g/mol. The number of aryl methyl sites for hydroxylation is 2. The quantitative estimate of drug-likeness (QED) is 0.870. The molecule has 0 spiro atoms. The molecule has 0 bridgehead atoms. The molecular weight excluding hydrogens is 230 g/mol. The number of hydrogen-bond donors (Lipinski definition) is 1. The average Bonchev–Trinajstić information content (AvgIpc) is 2.27. The molecule has 0 aliphatic rings. The molecule has 0 radical (unpaired) electrons. The number of carboxylic acids is 1. The summed E-state index contributed by atoms with van der Waals surface area (Å²) in [5.41, 5.74) is 2.38. The van der Waals surface area contributed by atoms with Gasteiger partial charge in [0.1, 0.15) is 6.54 Å². The minimum atomic E-state index is -0.983. The minimum Gasteiger partial charge on any atom is -0.480 e. The SMILES string of the molecule is CCCN(CC(=O)O)C(=O)c1c(C)cccc1C. The van der Waals surface area contributed by atoms with Crippen LogP contribution in [0, 0.1) is 13.8 Å².